The lowest BCUT2D eigenvalue weighted by Crippen LogP contribution is -2.37. The molecule has 2 fully saturated rings. The topological polar surface area (TPSA) is 47.6 Å². The van der Waals surface area contributed by atoms with Gasteiger partial charge in [0.2, 0.25) is 0 Å². The molecule has 3 aliphatic carbocycles. The SMILES string of the molecule is c1ccc(-c2ccccc2-c2onc3c2CCCC32C[C@H]3CCC[C@H]4ON=C2[C@@H]34)cc1. The number of benzene rings is 2. The Labute approximate surface area is 182 Å². The Morgan fingerprint density at radius 3 is 2.65 bits per heavy atom. The van der Waals surface area contributed by atoms with Gasteiger partial charge in [0, 0.05) is 17.0 Å². The lowest BCUT2D eigenvalue weighted by molar-refractivity contribution is 0.0187. The Balaban J connectivity index is 1.37. The van der Waals surface area contributed by atoms with E-state index in [-0.39, 0.29) is 5.41 Å². The van der Waals surface area contributed by atoms with Crippen LogP contribution in [0.5, 0.6) is 0 Å². The van der Waals surface area contributed by atoms with Crippen molar-refractivity contribution in [1.29, 1.82) is 0 Å². The van der Waals surface area contributed by atoms with Gasteiger partial charge in [0.25, 0.3) is 0 Å². The Bertz CT molecular complexity index is 1180. The number of rotatable bonds is 2. The molecule has 4 aliphatic rings. The number of hydrogen-bond acceptors (Lipinski definition) is 4. The third-order valence-corrected chi connectivity index (χ3v) is 8.20. The van der Waals surface area contributed by atoms with Crippen LogP contribution in [0.2, 0.25) is 0 Å². The molecule has 3 aromatic rings. The fourth-order valence-electron chi connectivity index (χ4n) is 6.95. The second-order valence-corrected chi connectivity index (χ2v) is 9.73. The van der Waals surface area contributed by atoms with Gasteiger partial charge >= 0.3 is 0 Å². The van der Waals surface area contributed by atoms with Crippen LogP contribution >= 0.6 is 0 Å². The number of oxime groups is 1. The van der Waals surface area contributed by atoms with Crippen molar-refractivity contribution in [3.8, 4) is 22.5 Å². The van der Waals surface area contributed by atoms with Gasteiger partial charge in [-0.05, 0) is 62.0 Å². The van der Waals surface area contributed by atoms with Crippen molar-refractivity contribution in [2.45, 2.75) is 56.5 Å². The van der Waals surface area contributed by atoms with Gasteiger partial charge in [-0.2, -0.15) is 0 Å². The fraction of sp³-hybridized carbons (Fsp3) is 0.407. The third kappa shape index (κ3) is 2.42. The average molecular weight is 411 g/mol. The minimum Gasteiger partial charge on any atom is -0.392 e. The number of nitrogens with zero attached hydrogens (tertiary/aromatic N) is 2. The van der Waals surface area contributed by atoms with Gasteiger partial charge in [0.05, 0.1) is 16.8 Å². The third-order valence-electron chi connectivity index (χ3n) is 8.20. The number of hydrogen-bond donors (Lipinski definition) is 0. The summed E-state index contributed by atoms with van der Waals surface area (Å²) in [7, 11) is 0. The van der Waals surface area contributed by atoms with Gasteiger partial charge in [-0.3, -0.25) is 0 Å². The molecule has 4 atom stereocenters. The van der Waals surface area contributed by atoms with Crippen LogP contribution in [-0.2, 0) is 16.7 Å². The molecule has 156 valence electrons. The van der Waals surface area contributed by atoms with Crippen LogP contribution < -0.4 is 0 Å². The first kappa shape index (κ1) is 17.8. The highest BCUT2D eigenvalue weighted by Crippen LogP contribution is 2.58. The van der Waals surface area contributed by atoms with Crippen molar-refractivity contribution < 1.29 is 9.36 Å². The van der Waals surface area contributed by atoms with E-state index in [2.05, 4.69) is 54.6 Å². The molecular weight excluding hydrogens is 384 g/mol. The summed E-state index contributed by atoms with van der Waals surface area (Å²) >= 11 is 0. The molecule has 4 heteroatoms. The maximum Gasteiger partial charge on any atom is 0.170 e. The van der Waals surface area contributed by atoms with E-state index in [9.17, 15) is 0 Å². The van der Waals surface area contributed by atoms with Crippen LogP contribution in [0.15, 0.2) is 64.3 Å². The zero-order chi connectivity index (χ0) is 20.4. The Kier molecular flexibility index (Phi) is 3.76. The minimum atomic E-state index is -0.0779. The smallest absolute Gasteiger partial charge is 0.170 e. The van der Waals surface area contributed by atoms with Gasteiger partial charge in [0.15, 0.2) is 5.76 Å². The summed E-state index contributed by atoms with van der Waals surface area (Å²) < 4.78 is 6.17. The molecule has 0 bridgehead atoms. The zero-order valence-electron chi connectivity index (χ0n) is 17.6. The Hall–Kier alpha value is -2.88. The maximum atomic E-state index is 6.17. The normalized spacial score (nSPS) is 30.6. The molecule has 1 spiro atoms. The number of aromatic nitrogens is 1. The summed E-state index contributed by atoms with van der Waals surface area (Å²) in [5, 5.41) is 9.46. The highest BCUT2D eigenvalue weighted by molar-refractivity contribution is 6.00. The van der Waals surface area contributed by atoms with Gasteiger partial charge in [0.1, 0.15) is 6.10 Å². The first-order valence-electron chi connectivity index (χ1n) is 11.7. The monoisotopic (exact) mass is 410 g/mol. The van der Waals surface area contributed by atoms with E-state index in [0.29, 0.717) is 17.9 Å². The summed E-state index contributed by atoms with van der Waals surface area (Å²) in [6.45, 7) is 0. The van der Waals surface area contributed by atoms with Crippen molar-refractivity contribution in [2.24, 2.45) is 17.0 Å². The summed E-state index contributed by atoms with van der Waals surface area (Å²) in [6, 6.07) is 19.1. The highest BCUT2D eigenvalue weighted by atomic mass is 16.6. The molecular formula is C27H26N2O2. The van der Waals surface area contributed by atoms with Crippen LogP contribution in [0.1, 0.15) is 49.8 Å². The van der Waals surface area contributed by atoms with Crippen LogP contribution in [0.4, 0.5) is 0 Å². The molecule has 1 unspecified atom stereocenters. The molecule has 0 radical (unpaired) electrons. The van der Waals surface area contributed by atoms with Gasteiger partial charge in [-0.1, -0.05) is 64.9 Å². The molecule has 4 nitrogen and oxygen atoms in total. The summed E-state index contributed by atoms with van der Waals surface area (Å²) in [5.41, 5.74) is 7.18. The predicted octanol–water partition coefficient (Wildman–Crippen LogP) is 6.16. The molecule has 2 saturated carbocycles. The van der Waals surface area contributed by atoms with Crippen LogP contribution in [-0.4, -0.2) is 17.0 Å². The molecule has 1 aromatic heterocycles. The molecule has 0 N–H and O–H groups in total. The predicted molar refractivity (Wildman–Crippen MR) is 120 cm³/mol. The van der Waals surface area contributed by atoms with Crippen molar-refractivity contribution in [3.05, 3.63) is 65.9 Å². The van der Waals surface area contributed by atoms with Crippen molar-refractivity contribution in [3.63, 3.8) is 0 Å². The lowest BCUT2D eigenvalue weighted by Gasteiger charge is -2.32. The number of fused-ring (bicyclic) bond motifs is 3. The summed E-state index contributed by atoms with van der Waals surface area (Å²) in [5.74, 6) is 2.12. The van der Waals surface area contributed by atoms with Crippen molar-refractivity contribution in [2.75, 3.05) is 0 Å². The molecule has 0 saturated heterocycles. The van der Waals surface area contributed by atoms with Crippen molar-refractivity contribution in [1.82, 2.24) is 5.16 Å². The van der Waals surface area contributed by atoms with Crippen LogP contribution in [0.25, 0.3) is 22.5 Å². The summed E-state index contributed by atoms with van der Waals surface area (Å²) in [6.07, 6.45) is 8.44. The first-order chi connectivity index (χ1) is 15.4. The van der Waals surface area contributed by atoms with E-state index in [1.54, 1.807) is 0 Å². The molecule has 31 heavy (non-hydrogen) atoms. The first-order valence-corrected chi connectivity index (χ1v) is 11.7. The van der Waals surface area contributed by atoms with E-state index < -0.39 is 0 Å². The molecule has 2 heterocycles. The van der Waals surface area contributed by atoms with Gasteiger partial charge < -0.3 is 9.36 Å². The molecule has 1 aliphatic heterocycles. The average Bonchev–Trinajstić information content (AvgIpc) is 3.53. The second kappa shape index (κ2) is 6.56. The van der Waals surface area contributed by atoms with Crippen molar-refractivity contribution >= 4 is 5.71 Å². The largest absolute Gasteiger partial charge is 0.392 e. The van der Waals surface area contributed by atoms with E-state index in [1.807, 2.05) is 0 Å². The maximum absolute atomic E-state index is 6.17. The molecule has 0 amide bonds. The molecule has 2 aromatic carbocycles. The van der Waals surface area contributed by atoms with Gasteiger partial charge in [-0.15, -0.1) is 0 Å². The molecule has 7 rings (SSSR count). The second-order valence-electron chi connectivity index (χ2n) is 9.73. The highest BCUT2D eigenvalue weighted by Gasteiger charge is 2.61. The van der Waals surface area contributed by atoms with E-state index in [0.717, 1.165) is 49.1 Å². The Morgan fingerprint density at radius 2 is 1.74 bits per heavy atom. The summed E-state index contributed by atoms with van der Waals surface area (Å²) in [4.78, 5) is 5.93. The van der Waals surface area contributed by atoms with E-state index in [1.165, 1.54) is 35.2 Å². The standard InChI is InChI=1S/C27H26N2O2/c1-2-8-17(9-3-1)19-11-4-5-12-20(19)24-21-13-7-15-27(25(21)28-31-24)16-18-10-6-14-22-23(18)26(27)29-30-22/h1-5,8-9,11-12,18,22-23H,6-7,10,13-16H2/t18-,22-,23+,27?/m1/s1. The fourth-order valence-corrected chi connectivity index (χ4v) is 6.95. The van der Waals surface area contributed by atoms with E-state index in [4.69, 9.17) is 19.7 Å². The van der Waals surface area contributed by atoms with Gasteiger partial charge in [-0.25, -0.2) is 0 Å². The minimum absolute atomic E-state index is 0.0779. The Morgan fingerprint density at radius 1 is 0.903 bits per heavy atom. The van der Waals surface area contributed by atoms with Crippen LogP contribution in [0, 0.1) is 11.8 Å². The van der Waals surface area contributed by atoms with Crippen LogP contribution in [0.3, 0.4) is 0 Å². The quantitative estimate of drug-likeness (QED) is 0.508. The zero-order valence-corrected chi connectivity index (χ0v) is 17.6. The van der Waals surface area contributed by atoms with E-state index >= 15 is 0 Å². The lowest BCUT2D eigenvalue weighted by atomic mass is 9.69.